The smallest absolute Gasteiger partial charge is 0.338 e. The van der Waals surface area contributed by atoms with Gasteiger partial charge in [-0.15, -0.1) is 0 Å². The lowest BCUT2D eigenvalue weighted by Gasteiger charge is -2.09. The van der Waals surface area contributed by atoms with Crippen LogP contribution in [0, 0.1) is 0 Å². The highest BCUT2D eigenvalue weighted by molar-refractivity contribution is 5.93. The molecule has 0 N–H and O–H groups in total. The van der Waals surface area contributed by atoms with Crippen molar-refractivity contribution in [3.8, 4) is 0 Å². The van der Waals surface area contributed by atoms with Gasteiger partial charge in [0.05, 0.1) is 29.3 Å². The van der Waals surface area contributed by atoms with Gasteiger partial charge in [-0.25, -0.2) is 14.6 Å². The van der Waals surface area contributed by atoms with E-state index in [1.165, 1.54) is 37.4 Å². The lowest BCUT2D eigenvalue weighted by molar-refractivity contribution is 0.0387. The average molecular weight is 360 g/mol. The molecule has 0 aliphatic heterocycles. The first-order chi connectivity index (χ1) is 12.5. The molecule has 1 aromatic heterocycles. The normalized spacial score (nSPS) is 10.9. The van der Waals surface area contributed by atoms with Crippen LogP contribution < -0.4 is 0 Å². The summed E-state index contributed by atoms with van der Waals surface area (Å²) in [4.78, 5) is 27.6. The summed E-state index contributed by atoms with van der Waals surface area (Å²) in [6.45, 7) is -3.22. The van der Waals surface area contributed by atoms with Crippen LogP contribution in [0.15, 0.2) is 48.5 Å². The number of hydrogen-bond acceptors (Lipinski definition) is 5. The molecule has 0 bridgehead atoms. The zero-order valence-corrected chi connectivity index (χ0v) is 13.7. The minimum atomic E-state index is -2.81. The van der Waals surface area contributed by atoms with Gasteiger partial charge < -0.3 is 9.47 Å². The van der Waals surface area contributed by atoms with Crippen molar-refractivity contribution in [3.05, 3.63) is 65.5 Å². The molecule has 0 saturated heterocycles. The Hall–Kier alpha value is -3.29. The van der Waals surface area contributed by atoms with E-state index in [2.05, 4.69) is 9.72 Å². The lowest BCUT2D eigenvalue weighted by atomic mass is 10.1. The number of alkyl halides is 2. The van der Waals surface area contributed by atoms with Gasteiger partial charge >= 0.3 is 18.5 Å². The maximum atomic E-state index is 13.3. The molecule has 0 spiro atoms. The summed E-state index contributed by atoms with van der Waals surface area (Å²) >= 11 is 0. The third-order valence-electron chi connectivity index (χ3n) is 3.74. The van der Waals surface area contributed by atoms with Crippen LogP contribution in [0.1, 0.15) is 33.1 Å². The average Bonchev–Trinajstić information content (AvgIpc) is 3.04. The van der Waals surface area contributed by atoms with E-state index in [0.717, 1.165) is 4.57 Å². The molecular weight excluding hydrogens is 346 g/mol. The number of carbonyl (C=O) groups excluding carboxylic acids is 2. The third kappa shape index (κ3) is 3.39. The second-order valence-electron chi connectivity index (χ2n) is 5.31. The number of ether oxygens (including phenoxy) is 2. The Morgan fingerprint density at radius 2 is 1.65 bits per heavy atom. The summed E-state index contributed by atoms with van der Waals surface area (Å²) in [7, 11) is 1.25. The van der Waals surface area contributed by atoms with Crippen molar-refractivity contribution < 1.29 is 27.8 Å². The fourth-order valence-corrected chi connectivity index (χ4v) is 2.49. The van der Waals surface area contributed by atoms with Crippen molar-refractivity contribution in [2.75, 3.05) is 7.11 Å². The highest BCUT2D eigenvalue weighted by atomic mass is 19.3. The fourth-order valence-electron chi connectivity index (χ4n) is 2.49. The number of nitrogens with zero attached hydrogens (tertiary/aromatic N) is 2. The predicted molar refractivity (Wildman–Crippen MR) is 87.9 cm³/mol. The monoisotopic (exact) mass is 360 g/mol. The molecule has 1 heterocycles. The summed E-state index contributed by atoms with van der Waals surface area (Å²) in [5.41, 5.74) is 1.11. The van der Waals surface area contributed by atoms with Crippen molar-refractivity contribution in [1.29, 1.82) is 0 Å². The van der Waals surface area contributed by atoms with Crippen molar-refractivity contribution in [2.45, 2.75) is 13.2 Å². The van der Waals surface area contributed by atoms with Gasteiger partial charge in [0.2, 0.25) is 0 Å². The topological polar surface area (TPSA) is 70.4 Å². The van der Waals surface area contributed by atoms with Gasteiger partial charge in [0.1, 0.15) is 6.61 Å². The zero-order chi connectivity index (χ0) is 18.7. The Balaban J connectivity index is 1.76. The van der Waals surface area contributed by atoms with E-state index in [9.17, 15) is 18.4 Å². The summed E-state index contributed by atoms with van der Waals surface area (Å²) in [5, 5.41) is 0. The van der Waals surface area contributed by atoms with E-state index in [1.54, 1.807) is 18.2 Å². The van der Waals surface area contributed by atoms with Crippen LogP contribution in [0.25, 0.3) is 11.0 Å². The number of esters is 2. The van der Waals surface area contributed by atoms with E-state index < -0.39 is 25.1 Å². The van der Waals surface area contributed by atoms with E-state index in [4.69, 9.17) is 4.74 Å². The van der Waals surface area contributed by atoms with Gasteiger partial charge in [-0.3, -0.25) is 4.57 Å². The number of carbonyl (C=O) groups is 2. The van der Waals surface area contributed by atoms with E-state index >= 15 is 0 Å². The maximum absolute atomic E-state index is 13.3. The second kappa shape index (κ2) is 7.30. The van der Waals surface area contributed by atoms with Crippen molar-refractivity contribution in [2.24, 2.45) is 0 Å². The molecule has 3 rings (SSSR count). The molecule has 26 heavy (non-hydrogen) atoms. The van der Waals surface area contributed by atoms with Gasteiger partial charge in [-0.1, -0.05) is 12.1 Å². The number of imidazole rings is 1. The maximum Gasteiger partial charge on any atom is 0.338 e. The Kier molecular flexibility index (Phi) is 4.92. The Morgan fingerprint density at radius 3 is 2.27 bits per heavy atom. The summed E-state index contributed by atoms with van der Waals surface area (Å²) in [6.07, 6.45) is 0. The zero-order valence-electron chi connectivity index (χ0n) is 13.7. The molecule has 0 aliphatic carbocycles. The van der Waals surface area contributed by atoms with Gasteiger partial charge in [0.15, 0.2) is 5.82 Å². The molecule has 134 valence electrons. The number of halogens is 2. The molecule has 0 saturated carbocycles. The lowest BCUT2D eigenvalue weighted by Crippen LogP contribution is -2.11. The molecule has 0 amide bonds. The van der Waals surface area contributed by atoms with Crippen molar-refractivity contribution >= 4 is 23.0 Å². The first-order valence-electron chi connectivity index (χ1n) is 7.60. The van der Waals surface area contributed by atoms with Crippen LogP contribution in [-0.2, 0) is 16.1 Å². The minimum absolute atomic E-state index is 0.0549. The Labute approximate surface area is 147 Å². The SMILES string of the molecule is COC(=O)c1ccc(C(=O)OCc2nc3ccccc3n2C(F)F)cc1. The van der Waals surface area contributed by atoms with Crippen molar-refractivity contribution in [3.63, 3.8) is 0 Å². The van der Waals surface area contributed by atoms with Gasteiger partial charge in [0.25, 0.3) is 0 Å². The van der Waals surface area contributed by atoms with Crippen LogP contribution in [0.2, 0.25) is 0 Å². The first-order valence-corrected chi connectivity index (χ1v) is 7.60. The predicted octanol–water partition coefficient (Wildman–Crippen LogP) is 3.58. The molecule has 0 atom stereocenters. The van der Waals surface area contributed by atoms with Crippen LogP contribution in [0.4, 0.5) is 8.78 Å². The molecule has 6 nitrogen and oxygen atoms in total. The van der Waals surface area contributed by atoms with E-state index in [-0.39, 0.29) is 22.5 Å². The molecule has 2 aromatic carbocycles. The van der Waals surface area contributed by atoms with E-state index in [0.29, 0.717) is 5.52 Å². The van der Waals surface area contributed by atoms with Gasteiger partial charge in [-0.05, 0) is 36.4 Å². The number of para-hydroxylation sites is 2. The number of hydrogen-bond donors (Lipinski definition) is 0. The molecular formula is C18H14F2N2O4. The summed E-state index contributed by atoms with van der Waals surface area (Å²) < 4.78 is 37.0. The van der Waals surface area contributed by atoms with Crippen LogP contribution in [0.3, 0.4) is 0 Å². The number of aromatic nitrogens is 2. The molecule has 0 fully saturated rings. The van der Waals surface area contributed by atoms with Gasteiger partial charge in [0, 0.05) is 0 Å². The van der Waals surface area contributed by atoms with Crippen LogP contribution in [0.5, 0.6) is 0 Å². The van der Waals surface area contributed by atoms with Crippen LogP contribution >= 0.6 is 0 Å². The first kappa shape index (κ1) is 17.5. The number of benzene rings is 2. The minimum Gasteiger partial charge on any atom is -0.465 e. The highest BCUT2D eigenvalue weighted by Crippen LogP contribution is 2.23. The number of fused-ring (bicyclic) bond motifs is 1. The Bertz CT molecular complexity index is 951. The summed E-state index contributed by atoms with van der Waals surface area (Å²) in [5.74, 6) is -1.30. The van der Waals surface area contributed by atoms with Gasteiger partial charge in [-0.2, -0.15) is 8.78 Å². The molecule has 0 aliphatic rings. The highest BCUT2D eigenvalue weighted by Gasteiger charge is 2.19. The quantitative estimate of drug-likeness (QED) is 0.651. The molecule has 0 radical (unpaired) electrons. The third-order valence-corrected chi connectivity index (χ3v) is 3.74. The molecule has 8 heteroatoms. The molecule has 3 aromatic rings. The largest absolute Gasteiger partial charge is 0.465 e. The second-order valence-corrected chi connectivity index (χ2v) is 5.31. The van der Waals surface area contributed by atoms with Crippen LogP contribution in [-0.4, -0.2) is 28.6 Å². The number of rotatable bonds is 5. The van der Waals surface area contributed by atoms with Crippen molar-refractivity contribution in [1.82, 2.24) is 9.55 Å². The standard InChI is InChI=1S/C18H14F2N2O4/c1-25-16(23)11-6-8-12(9-7-11)17(24)26-10-15-21-13-4-2-3-5-14(13)22(15)18(19)20/h2-9,18H,10H2,1H3. The molecule has 0 unspecified atom stereocenters. The van der Waals surface area contributed by atoms with E-state index in [1.807, 2.05) is 0 Å². The number of methoxy groups -OCH3 is 1. The Morgan fingerprint density at radius 1 is 1.04 bits per heavy atom. The summed E-state index contributed by atoms with van der Waals surface area (Å²) in [6, 6.07) is 12.0. The fraction of sp³-hybridized carbons (Fsp3) is 0.167.